The molecule has 1 fully saturated rings. The number of para-hydroxylation sites is 1. The summed E-state index contributed by atoms with van der Waals surface area (Å²) in [6, 6.07) is 20.4. The third kappa shape index (κ3) is 6.81. The summed E-state index contributed by atoms with van der Waals surface area (Å²) in [5, 5.41) is 2.80. The van der Waals surface area contributed by atoms with Gasteiger partial charge < -0.3 is 19.7 Å². The van der Waals surface area contributed by atoms with Crippen molar-refractivity contribution in [3.8, 4) is 5.75 Å². The largest absolute Gasteiger partial charge is 0.496 e. The zero-order valence-electron chi connectivity index (χ0n) is 22.9. The monoisotopic (exact) mass is 565 g/mol. The van der Waals surface area contributed by atoms with Crippen LogP contribution in [0.1, 0.15) is 48.7 Å². The number of methoxy groups -OCH3 is 1. The maximum absolute atomic E-state index is 13.8. The van der Waals surface area contributed by atoms with Crippen LogP contribution in [0.25, 0.3) is 0 Å². The number of piperidine rings is 1. The molecular formula is C30H35N3O6S. The van der Waals surface area contributed by atoms with Gasteiger partial charge in [-0.1, -0.05) is 42.5 Å². The van der Waals surface area contributed by atoms with Gasteiger partial charge in [0.1, 0.15) is 10.6 Å². The Kier molecular flexibility index (Phi) is 9.44. The number of hydrogen-bond acceptors (Lipinski definition) is 7. The van der Waals surface area contributed by atoms with Gasteiger partial charge in [-0.3, -0.25) is 9.59 Å². The summed E-state index contributed by atoms with van der Waals surface area (Å²) in [5.41, 5.74) is 1.90. The van der Waals surface area contributed by atoms with Crippen molar-refractivity contribution in [1.82, 2.24) is 4.72 Å². The van der Waals surface area contributed by atoms with E-state index in [2.05, 4.69) is 10.0 Å². The van der Waals surface area contributed by atoms with Crippen molar-refractivity contribution >= 4 is 33.3 Å². The van der Waals surface area contributed by atoms with Crippen molar-refractivity contribution < 1.29 is 27.5 Å². The summed E-state index contributed by atoms with van der Waals surface area (Å²) < 4.78 is 41.0. The Morgan fingerprint density at radius 3 is 2.50 bits per heavy atom. The third-order valence-corrected chi connectivity index (χ3v) is 8.44. The van der Waals surface area contributed by atoms with Gasteiger partial charge in [-0.2, -0.15) is 0 Å². The lowest BCUT2D eigenvalue weighted by Gasteiger charge is -2.34. The van der Waals surface area contributed by atoms with Crippen LogP contribution in [0.3, 0.4) is 0 Å². The summed E-state index contributed by atoms with van der Waals surface area (Å²) >= 11 is 0. The minimum Gasteiger partial charge on any atom is -0.496 e. The highest BCUT2D eigenvalue weighted by atomic mass is 32.2. The maximum atomic E-state index is 13.8. The molecule has 40 heavy (non-hydrogen) atoms. The number of benzene rings is 3. The van der Waals surface area contributed by atoms with Gasteiger partial charge >= 0.3 is 5.97 Å². The molecule has 9 nitrogen and oxygen atoms in total. The van der Waals surface area contributed by atoms with E-state index in [4.69, 9.17) is 9.47 Å². The molecule has 1 aliphatic rings. The molecule has 0 saturated carbocycles. The molecule has 0 radical (unpaired) electrons. The number of nitrogens with zero attached hydrogens (tertiary/aromatic N) is 1. The topological polar surface area (TPSA) is 114 Å². The molecule has 1 aliphatic heterocycles. The predicted octanol–water partition coefficient (Wildman–Crippen LogP) is 4.77. The molecule has 4 rings (SSSR count). The molecule has 0 aliphatic carbocycles. The number of rotatable bonds is 10. The summed E-state index contributed by atoms with van der Waals surface area (Å²) in [4.78, 5) is 27.5. The fourth-order valence-corrected chi connectivity index (χ4v) is 6.34. The van der Waals surface area contributed by atoms with Crippen LogP contribution in [0.5, 0.6) is 5.75 Å². The van der Waals surface area contributed by atoms with Gasteiger partial charge in [0.2, 0.25) is 10.0 Å². The fourth-order valence-electron chi connectivity index (χ4n) is 4.85. The van der Waals surface area contributed by atoms with Gasteiger partial charge in [0.05, 0.1) is 30.9 Å². The second-order valence-corrected chi connectivity index (χ2v) is 11.3. The summed E-state index contributed by atoms with van der Waals surface area (Å²) in [6.07, 6.45) is 1.39. The van der Waals surface area contributed by atoms with Crippen molar-refractivity contribution in [3.05, 3.63) is 83.9 Å². The predicted molar refractivity (Wildman–Crippen MR) is 154 cm³/mol. The van der Waals surface area contributed by atoms with E-state index >= 15 is 0 Å². The van der Waals surface area contributed by atoms with E-state index in [-0.39, 0.29) is 23.4 Å². The Bertz CT molecular complexity index is 1440. The Morgan fingerprint density at radius 1 is 1.05 bits per heavy atom. The number of carbonyl (C=O) groups is 2. The van der Waals surface area contributed by atoms with Crippen LogP contribution < -0.4 is 19.7 Å². The number of anilines is 2. The molecule has 1 heterocycles. The highest BCUT2D eigenvalue weighted by Gasteiger charge is 2.31. The first-order valence-corrected chi connectivity index (χ1v) is 14.8. The minimum atomic E-state index is -4.06. The van der Waals surface area contributed by atoms with Crippen LogP contribution in [0, 0.1) is 5.92 Å². The van der Waals surface area contributed by atoms with Gasteiger partial charge in [0.25, 0.3) is 5.91 Å². The second-order valence-electron chi connectivity index (χ2n) is 9.63. The van der Waals surface area contributed by atoms with Crippen LogP contribution in [0.15, 0.2) is 77.7 Å². The number of carbonyl (C=O) groups excluding carboxylic acids is 2. The molecule has 0 unspecified atom stereocenters. The molecule has 0 aromatic heterocycles. The number of nitrogens with one attached hydrogen (secondary N) is 2. The lowest BCUT2D eigenvalue weighted by Crippen LogP contribution is -2.40. The first-order chi connectivity index (χ1) is 19.2. The number of hydrogen-bond donors (Lipinski definition) is 2. The van der Waals surface area contributed by atoms with Crippen LogP contribution in [-0.4, -0.2) is 47.1 Å². The van der Waals surface area contributed by atoms with Crippen molar-refractivity contribution in [3.63, 3.8) is 0 Å². The molecule has 2 atom stereocenters. The molecule has 212 valence electrons. The molecule has 1 amide bonds. The molecule has 2 N–H and O–H groups in total. The number of sulfonamides is 1. The highest BCUT2D eigenvalue weighted by Crippen LogP contribution is 2.33. The van der Waals surface area contributed by atoms with Crippen molar-refractivity contribution in [2.45, 2.75) is 37.6 Å². The lowest BCUT2D eigenvalue weighted by atomic mass is 9.97. The van der Waals surface area contributed by atoms with E-state index in [1.807, 2.05) is 35.2 Å². The summed E-state index contributed by atoms with van der Waals surface area (Å²) in [5.74, 6) is -0.667. The van der Waals surface area contributed by atoms with E-state index in [0.717, 1.165) is 5.56 Å². The zero-order chi connectivity index (χ0) is 28.7. The van der Waals surface area contributed by atoms with E-state index in [0.29, 0.717) is 48.6 Å². The molecular weight excluding hydrogens is 530 g/mol. The Hall–Kier alpha value is -3.89. The van der Waals surface area contributed by atoms with Crippen LogP contribution in [0.4, 0.5) is 11.4 Å². The molecule has 0 spiro atoms. The van der Waals surface area contributed by atoms with Crippen LogP contribution in [0.2, 0.25) is 0 Å². The van der Waals surface area contributed by atoms with Gasteiger partial charge in [-0.05, 0) is 62.6 Å². The van der Waals surface area contributed by atoms with E-state index in [1.54, 1.807) is 50.2 Å². The number of amides is 1. The fraction of sp³-hybridized carbons (Fsp3) is 0.333. The molecule has 3 aromatic carbocycles. The van der Waals surface area contributed by atoms with Crippen LogP contribution in [-0.2, 0) is 19.6 Å². The molecule has 3 aromatic rings. The highest BCUT2D eigenvalue weighted by molar-refractivity contribution is 7.89. The molecule has 10 heteroatoms. The molecule has 0 bridgehead atoms. The van der Waals surface area contributed by atoms with Gasteiger partial charge in [0, 0.05) is 24.8 Å². The maximum Gasteiger partial charge on any atom is 0.310 e. The zero-order valence-corrected chi connectivity index (χ0v) is 23.7. The van der Waals surface area contributed by atoms with Gasteiger partial charge in [-0.15, -0.1) is 0 Å². The number of ether oxygens (including phenoxy) is 2. The average Bonchev–Trinajstić information content (AvgIpc) is 2.97. The standard InChI is InChI=1S/C30H35N3O6S/c1-4-39-30(35)23-13-10-18-33(20-23)26-17-16-24(31-29(34)25-14-8-9-15-27(25)38-3)19-28(26)40(36,37)32-21(2)22-11-6-5-7-12-22/h5-9,11-12,14-17,19,21,23,32H,4,10,13,18,20H2,1-3H3,(H,31,34)/t21-,23-/m1/s1. The van der Waals surface area contributed by atoms with E-state index < -0.39 is 22.0 Å². The Labute approximate surface area is 235 Å². The Balaban J connectivity index is 1.69. The Morgan fingerprint density at radius 2 is 1.77 bits per heavy atom. The molecule has 1 saturated heterocycles. The van der Waals surface area contributed by atoms with E-state index in [9.17, 15) is 18.0 Å². The lowest BCUT2D eigenvalue weighted by molar-refractivity contribution is -0.148. The van der Waals surface area contributed by atoms with Crippen molar-refractivity contribution in [1.29, 1.82) is 0 Å². The smallest absolute Gasteiger partial charge is 0.310 e. The normalized spacial score (nSPS) is 16.2. The first-order valence-electron chi connectivity index (χ1n) is 13.3. The van der Waals surface area contributed by atoms with Crippen molar-refractivity contribution in [2.75, 3.05) is 37.0 Å². The SMILES string of the molecule is CCOC(=O)[C@@H]1CCCN(c2ccc(NC(=O)c3ccccc3OC)cc2S(=O)(=O)N[C@H](C)c2ccccc2)C1. The van der Waals surface area contributed by atoms with Gasteiger partial charge in [-0.25, -0.2) is 13.1 Å². The minimum absolute atomic E-state index is 0.0117. The van der Waals surface area contributed by atoms with Crippen molar-refractivity contribution in [2.24, 2.45) is 5.92 Å². The van der Waals surface area contributed by atoms with E-state index in [1.165, 1.54) is 13.2 Å². The van der Waals surface area contributed by atoms with Crippen LogP contribution >= 0.6 is 0 Å². The quantitative estimate of drug-likeness (QED) is 0.341. The average molecular weight is 566 g/mol. The van der Waals surface area contributed by atoms with Gasteiger partial charge in [0.15, 0.2) is 0 Å². The first kappa shape index (κ1) is 29.1. The second kappa shape index (κ2) is 13.0. The summed E-state index contributed by atoms with van der Waals surface area (Å²) in [7, 11) is -2.58. The number of esters is 1. The summed E-state index contributed by atoms with van der Waals surface area (Å²) in [6.45, 7) is 4.75. The third-order valence-electron chi connectivity index (χ3n) is 6.87.